The van der Waals surface area contributed by atoms with Crippen LogP contribution in [0.4, 0.5) is 8.78 Å². The number of likely N-dealkylation sites (tertiary alicyclic amines) is 1. The monoisotopic (exact) mass is 526 g/mol. The third-order valence-corrected chi connectivity index (χ3v) is 4.62. The molecule has 1 heterocycles. The molecule has 29 heavy (non-hydrogen) atoms. The van der Waals surface area contributed by atoms with Gasteiger partial charge in [0.25, 0.3) is 0 Å². The standard InChI is InChI=1S/C20H32F2N4O2.HI/c1-3-23-20(24-9-14-28-17-5-6-18(21)19(22)15-17)25-16-7-11-26(12-8-16)10-4-13-27-2;/h5-6,15-16H,3-4,7-14H2,1-2H3,(H2,23,24,25);1H. The molecule has 1 fully saturated rings. The largest absolute Gasteiger partial charge is 0.492 e. The third-order valence-electron chi connectivity index (χ3n) is 4.62. The van der Waals surface area contributed by atoms with E-state index in [4.69, 9.17) is 9.47 Å². The van der Waals surface area contributed by atoms with Crippen molar-refractivity contribution in [3.8, 4) is 5.75 Å². The molecular formula is C20H33F2IN4O2. The number of piperidine rings is 1. The van der Waals surface area contributed by atoms with Crippen LogP contribution in [-0.2, 0) is 4.74 Å². The fourth-order valence-corrected chi connectivity index (χ4v) is 3.13. The average molecular weight is 526 g/mol. The first-order valence-corrected chi connectivity index (χ1v) is 9.96. The van der Waals surface area contributed by atoms with E-state index in [1.807, 2.05) is 6.92 Å². The number of rotatable bonds is 10. The first kappa shape index (κ1) is 25.8. The molecule has 0 unspecified atom stereocenters. The SMILES string of the molecule is CCNC(=NCCOc1ccc(F)c(F)c1)NC1CCN(CCCOC)CC1.I. The molecule has 166 valence electrons. The lowest BCUT2D eigenvalue weighted by atomic mass is 10.1. The highest BCUT2D eigenvalue weighted by atomic mass is 127. The van der Waals surface area contributed by atoms with Gasteiger partial charge in [0.2, 0.25) is 0 Å². The molecule has 0 spiro atoms. The molecule has 1 aromatic carbocycles. The number of nitrogens with zero attached hydrogens (tertiary/aromatic N) is 2. The maximum absolute atomic E-state index is 13.2. The van der Waals surface area contributed by atoms with Crippen LogP contribution in [0.1, 0.15) is 26.2 Å². The van der Waals surface area contributed by atoms with Crippen LogP contribution in [-0.4, -0.2) is 69.9 Å². The minimum Gasteiger partial charge on any atom is -0.492 e. The average Bonchev–Trinajstić information content (AvgIpc) is 2.69. The molecule has 0 amide bonds. The van der Waals surface area contributed by atoms with Gasteiger partial charge in [0.1, 0.15) is 12.4 Å². The Labute approximate surface area is 189 Å². The van der Waals surface area contributed by atoms with Crippen LogP contribution in [0.5, 0.6) is 5.75 Å². The maximum Gasteiger partial charge on any atom is 0.191 e. The molecule has 9 heteroatoms. The molecule has 0 saturated carbocycles. The van der Waals surface area contributed by atoms with Gasteiger partial charge in [-0.3, -0.25) is 0 Å². The van der Waals surface area contributed by atoms with E-state index in [0.29, 0.717) is 24.9 Å². The normalized spacial score (nSPS) is 15.7. The predicted octanol–water partition coefficient (Wildman–Crippen LogP) is 3.02. The minimum absolute atomic E-state index is 0. The van der Waals surface area contributed by atoms with Crippen molar-refractivity contribution in [3.63, 3.8) is 0 Å². The molecule has 1 aromatic rings. The number of ether oxygens (including phenoxy) is 2. The smallest absolute Gasteiger partial charge is 0.191 e. The number of methoxy groups -OCH3 is 1. The van der Waals surface area contributed by atoms with Gasteiger partial charge in [-0.2, -0.15) is 0 Å². The van der Waals surface area contributed by atoms with Crippen molar-refractivity contribution in [2.24, 2.45) is 4.99 Å². The lowest BCUT2D eigenvalue weighted by molar-refractivity contribution is 0.155. The number of halogens is 3. The highest BCUT2D eigenvalue weighted by Gasteiger charge is 2.19. The van der Waals surface area contributed by atoms with E-state index in [-0.39, 0.29) is 24.0 Å². The Balaban J connectivity index is 0.00000420. The van der Waals surface area contributed by atoms with Crippen LogP contribution in [0.15, 0.2) is 23.2 Å². The molecule has 6 nitrogen and oxygen atoms in total. The van der Waals surface area contributed by atoms with Crippen LogP contribution in [0.2, 0.25) is 0 Å². The summed E-state index contributed by atoms with van der Waals surface area (Å²) < 4.78 is 36.7. The summed E-state index contributed by atoms with van der Waals surface area (Å²) in [5.74, 6) is -0.736. The van der Waals surface area contributed by atoms with Crippen molar-refractivity contribution in [2.45, 2.75) is 32.2 Å². The Morgan fingerprint density at radius 3 is 2.62 bits per heavy atom. The molecule has 2 N–H and O–H groups in total. The number of aliphatic imine (C=N–C) groups is 1. The molecule has 1 aliphatic heterocycles. The molecule has 1 aliphatic rings. The molecule has 0 aromatic heterocycles. The van der Waals surface area contributed by atoms with Crippen molar-refractivity contribution < 1.29 is 18.3 Å². The van der Waals surface area contributed by atoms with Gasteiger partial charge in [-0.1, -0.05) is 0 Å². The van der Waals surface area contributed by atoms with Crippen molar-refractivity contribution in [1.82, 2.24) is 15.5 Å². The summed E-state index contributed by atoms with van der Waals surface area (Å²) in [6, 6.07) is 3.90. The third kappa shape index (κ3) is 9.90. The number of benzene rings is 1. The molecule has 0 bridgehead atoms. The van der Waals surface area contributed by atoms with Crippen LogP contribution in [0.25, 0.3) is 0 Å². The molecule has 0 radical (unpaired) electrons. The zero-order chi connectivity index (χ0) is 20.2. The number of hydrogen-bond acceptors (Lipinski definition) is 4. The van der Waals surface area contributed by atoms with Crippen LogP contribution < -0.4 is 15.4 Å². The highest BCUT2D eigenvalue weighted by molar-refractivity contribution is 14.0. The molecule has 0 aliphatic carbocycles. The second kappa shape index (κ2) is 14.7. The summed E-state index contributed by atoms with van der Waals surface area (Å²) in [6.07, 6.45) is 3.21. The fraction of sp³-hybridized carbons (Fsp3) is 0.650. The first-order valence-electron chi connectivity index (χ1n) is 9.96. The van der Waals surface area contributed by atoms with Gasteiger partial charge in [-0.25, -0.2) is 13.8 Å². The van der Waals surface area contributed by atoms with Crippen LogP contribution in [0, 0.1) is 11.6 Å². The van der Waals surface area contributed by atoms with E-state index in [9.17, 15) is 8.78 Å². The van der Waals surface area contributed by atoms with Gasteiger partial charge in [0, 0.05) is 52.0 Å². The Kier molecular flexibility index (Phi) is 13.1. The summed E-state index contributed by atoms with van der Waals surface area (Å²) in [6.45, 7) is 7.53. The van der Waals surface area contributed by atoms with Gasteiger partial charge in [-0.15, -0.1) is 24.0 Å². The van der Waals surface area contributed by atoms with Gasteiger partial charge >= 0.3 is 0 Å². The van der Waals surface area contributed by atoms with Crippen LogP contribution >= 0.6 is 24.0 Å². The fourth-order valence-electron chi connectivity index (χ4n) is 3.13. The predicted molar refractivity (Wildman–Crippen MR) is 122 cm³/mol. The summed E-state index contributed by atoms with van der Waals surface area (Å²) in [5.41, 5.74) is 0. The summed E-state index contributed by atoms with van der Waals surface area (Å²) in [4.78, 5) is 6.98. The topological polar surface area (TPSA) is 58.1 Å². The molecular weight excluding hydrogens is 493 g/mol. The van der Waals surface area contributed by atoms with Crippen molar-refractivity contribution in [3.05, 3.63) is 29.8 Å². The zero-order valence-electron chi connectivity index (χ0n) is 17.3. The van der Waals surface area contributed by atoms with Crippen LogP contribution in [0.3, 0.4) is 0 Å². The first-order chi connectivity index (χ1) is 13.6. The van der Waals surface area contributed by atoms with E-state index in [2.05, 4.69) is 20.5 Å². The van der Waals surface area contributed by atoms with E-state index >= 15 is 0 Å². The quantitative estimate of drug-likeness (QED) is 0.213. The number of guanidine groups is 1. The van der Waals surface area contributed by atoms with Gasteiger partial charge in [0.15, 0.2) is 17.6 Å². The highest BCUT2D eigenvalue weighted by Crippen LogP contribution is 2.15. The Bertz CT molecular complexity index is 614. The van der Waals surface area contributed by atoms with E-state index in [1.165, 1.54) is 6.07 Å². The molecule has 1 saturated heterocycles. The minimum atomic E-state index is -0.912. The zero-order valence-corrected chi connectivity index (χ0v) is 19.6. The Morgan fingerprint density at radius 2 is 1.97 bits per heavy atom. The second-order valence-corrected chi connectivity index (χ2v) is 6.79. The summed E-state index contributed by atoms with van der Waals surface area (Å²) in [5, 5.41) is 6.72. The number of hydrogen-bond donors (Lipinski definition) is 2. The summed E-state index contributed by atoms with van der Waals surface area (Å²) >= 11 is 0. The van der Waals surface area contributed by atoms with Gasteiger partial charge in [0.05, 0.1) is 6.54 Å². The molecule has 0 atom stereocenters. The lowest BCUT2D eigenvalue weighted by Gasteiger charge is -2.33. The lowest BCUT2D eigenvalue weighted by Crippen LogP contribution is -2.49. The van der Waals surface area contributed by atoms with Crippen molar-refractivity contribution in [2.75, 3.05) is 53.0 Å². The van der Waals surface area contributed by atoms with Gasteiger partial charge < -0.3 is 25.0 Å². The summed E-state index contributed by atoms with van der Waals surface area (Å²) in [7, 11) is 1.74. The van der Waals surface area contributed by atoms with Crippen molar-refractivity contribution >= 4 is 29.9 Å². The van der Waals surface area contributed by atoms with E-state index in [1.54, 1.807) is 7.11 Å². The number of nitrogens with one attached hydrogen (secondary N) is 2. The van der Waals surface area contributed by atoms with Crippen molar-refractivity contribution in [1.29, 1.82) is 0 Å². The van der Waals surface area contributed by atoms with E-state index < -0.39 is 11.6 Å². The second-order valence-electron chi connectivity index (χ2n) is 6.79. The van der Waals surface area contributed by atoms with Gasteiger partial charge in [-0.05, 0) is 38.3 Å². The Hall–Kier alpha value is -1.20. The maximum atomic E-state index is 13.2. The molecule has 2 rings (SSSR count). The van der Waals surface area contributed by atoms with E-state index in [0.717, 1.165) is 70.1 Å². The Morgan fingerprint density at radius 1 is 1.21 bits per heavy atom.